The third kappa shape index (κ3) is 2.61. The van der Waals surface area contributed by atoms with Crippen LogP contribution < -0.4 is 10.5 Å². The number of carbonyl (C=O) groups excluding carboxylic acids is 1. The lowest BCUT2D eigenvalue weighted by atomic mass is 9.77. The standard InChI is InChI=1S/C17H21N5O3/c1-21(2)16-18-9-11-4-6-17(14(11)19-16)5-3-7-22(10-17)15(24)12-8-13(23)20-25-12/h8-9H,3-7,10H2,1-2H3,(H,20,23). The van der Waals surface area contributed by atoms with E-state index in [0.29, 0.717) is 19.0 Å². The quantitative estimate of drug-likeness (QED) is 0.872. The summed E-state index contributed by atoms with van der Waals surface area (Å²) in [5.74, 6) is 0.518. The molecule has 1 saturated heterocycles. The molecule has 2 aromatic rings. The summed E-state index contributed by atoms with van der Waals surface area (Å²) in [5, 5.41) is 2.18. The number of aromatic nitrogens is 3. The molecule has 0 aromatic carbocycles. The highest BCUT2D eigenvalue weighted by molar-refractivity contribution is 5.91. The van der Waals surface area contributed by atoms with E-state index >= 15 is 0 Å². The summed E-state index contributed by atoms with van der Waals surface area (Å²) < 4.78 is 4.99. The lowest BCUT2D eigenvalue weighted by Gasteiger charge is -2.40. The van der Waals surface area contributed by atoms with E-state index in [1.54, 1.807) is 4.90 Å². The van der Waals surface area contributed by atoms with Gasteiger partial charge in [-0.3, -0.25) is 9.59 Å². The van der Waals surface area contributed by atoms with Crippen LogP contribution in [0.5, 0.6) is 0 Å². The van der Waals surface area contributed by atoms with Crippen molar-refractivity contribution >= 4 is 11.9 Å². The molecule has 1 aliphatic carbocycles. The first-order chi connectivity index (χ1) is 12.0. The summed E-state index contributed by atoms with van der Waals surface area (Å²) in [6.45, 7) is 1.26. The van der Waals surface area contributed by atoms with Crippen molar-refractivity contribution in [3.63, 3.8) is 0 Å². The fourth-order valence-corrected chi connectivity index (χ4v) is 3.99. The lowest BCUT2D eigenvalue weighted by Crippen LogP contribution is -2.48. The first-order valence-electron chi connectivity index (χ1n) is 8.50. The SMILES string of the molecule is CN(C)c1ncc2c(n1)C1(CCCN(C(=O)c3cc(=O)[nH]o3)C1)CC2. The predicted octanol–water partition coefficient (Wildman–Crippen LogP) is 0.944. The molecule has 0 saturated carbocycles. The first-order valence-corrected chi connectivity index (χ1v) is 8.50. The number of H-pyrrole nitrogens is 1. The van der Waals surface area contributed by atoms with Crippen molar-refractivity contribution in [3.8, 4) is 0 Å². The zero-order valence-corrected chi connectivity index (χ0v) is 14.4. The molecule has 0 bridgehead atoms. The number of nitrogens with zero attached hydrogens (tertiary/aromatic N) is 4. The molecule has 1 N–H and O–H groups in total. The number of fused-ring (bicyclic) bond motifs is 2. The molecule has 3 heterocycles. The number of aromatic amines is 1. The maximum absolute atomic E-state index is 12.7. The van der Waals surface area contributed by atoms with Crippen LogP contribution in [0.4, 0.5) is 5.95 Å². The van der Waals surface area contributed by atoms with Gasteiger partial charge in [-0.05, 0) is 31.2 Å². The summed E-state index contributed by atoms with van der Waals surface area (Å²) in [6, 6.07) is 1.21. The van der Waals surface area contributed by atoms with E-state index in [0.717, 1.165) is 31.4 Å². The van der Waals surface area contributed by atoms with Crippen molar-refractivity contribution in [1.82, 2.24) is 20.0 Å². The van der Waals surface area contributed by atoms with E-state index in [1.807, 2.05) is 25.2 Å². The van der Waals surface area contributed by atoms with Crippen LogP contribution in [0.2, 0.25) is 0 Å². The Morgan fingerprint density at radius 1 is 1.40 bits per heavy atom. The number of rotatable bonds is 2. The van der Waals surface area contributed by atoms with Crippen LogP contribution >= 0.6 is 0 Å². The molecule has 1 fully saturated rings. The van der Waals surface area contributed by atoms with E-state index in [1.165, 1.54) is 11.6 Å². The highest BCUT2D eigenvalue weighted by Gasteiger charge is 2.45. The van der Waals surface area contributed by atoms with Crippen molar-refractivity contribution in [1.29, 1.82) is 0 Å². The van der Waals surface area contributed by atoms with Crippen LogP contribution in [0.25, 0.3) is 0 Å². The highest BCUT2D eigenvalue weighted by Crippen LogP contribution is 2.44. The fourth-order valence-electron chi connectivity index (χ4n) is 3.99. The average Bonchev–Trinajstić information content (AvgIpc) is 3.19. The van der Waals surface area contributed by atoms with E-state index < -0.39 is 5.56 Å². The molecule has 8 heteroatoms. The summed E-state index contributed by atoms with van der Waals surface area (Å²) in [4.78, 5) is 36.8. The Bertz CT molecular complexity index is 867. The first kappa shape index (κ1) is 15.9. The van der Waals surface area contributed by atoms with Crippen LogP contribution in [0.3, 0.4) is 0 Å². The van der Waals surface area contributed by atoms with E-state index in [2.05, 4.69) is 10.1 Å². The molecule has 4 rings (SSSR count). The number of nitrogens with one attached hydrogen (secondary N) is 1. The molecule has 132 valence electrons. The van der Waals surface area contributed by atoms with Gasteiger partial charge < -0.3 is 14.3 Å². The molecule has 0 radical (unpaired) electrons. The maximum Gasteiger partial charge on any atom is 0.292 e. The fraction of sp³-hybridized carbons (Fsp3) is 0.529. The third-order valence-corrected chi connectivity index (χ3v) is 5.23. The van der Waals surface area contributed by atoms with Gasteiger partial charge in [-0.2, -0.15) is 5.16 Å². The summed E-state index contributed by atoms with van der Waals surface area (Å²) >= 11 is 0. The molecular weight excluding hydrogens is 322 g/mol. The Morgan fingerprint density at radius 3 is 2.96 bits per heavy atom. The molecule has 1 atom stereocenters. The zero-order valence-electron chi connectivity index (χ0n) is 14.4. The molecule has 1 unspecified atom stereocenters. The number of amides is 1. The number of likely N-dealkylation sites (tertiary alicyclic amines) is 1. The summed E-state index contributed by atoms with van der Waals surface area (Å²) in [7, 11) is 3.85. The minimum atomic E-state index is -0.398. The van der Waals surface area contributed by atoms with Gasteiger partial charge in [-0.1, -0.05) is 0 Å². The minimum Gasteiger partial charge on any atom is -0.373 e. The minimum absolute atomic E-state index is 0.0666. The van der Waals surface area contributed by atoms with Crippen LogP contribution in [-0.4, -0.2) is 53.1 Å². The van der Waals surface area contributed by atoms with Gasteiger partial charge in [0, 0.05) is 38.8 Å². The second-order valence-corrected chi connectivity index (χ2v) is 7.13. The number of anilines is 1. The molecule has 8 nitrogen and oxygen atoms in total. The Morgan fingerprint density at radius 2 is 2.24 bits per heavy atom. The summed E-state index contributed by atoms with van der Waals surface area (Å²) in [6.07, 6.45) is 5.73. The van der Waals surface area contributed by atoms with E-state index in [-0.39, 0.29) is 17.1 Å². The molecule has 1 amide bonds. The average molecular weight is 343 g/mol. The van der Waals surface area contributed by atoms with Gasteiger partial charge in [-0.25, -0.2) is 9.97 Å². The number of hydrogen-bond donors (Lipinski definition) is 1. The Balaban J connectivity index is 1.65. The van der Waals surface area contributed by atoms with Crippen LogP contribution in [-0.2, 0) is 11.8 Å². The van der Waals surface area contributed by atoms with Crippen molar-refractivity contribution in [2.45, 2.75) is 31.1 Å². The van der Waals surface area contributed by atoms with Gasteiger partial charge in [0.1, 0.15) is 0 Å². The van der Waals surface area contributed by atoms with Gasteiger partial charge in [0.25, 0.3) is 11.5 Å². The molecule has 2 aromatic heterocycles. The van der Waals surface area contributed by atoms with Crippen LogP contribution in [0.1, 0.15) is 41.1 Å². The van der Waals surface area contributed by atoms with Crippen molar-refractivity contribution in [2.24, 2.45) is 0 Å². The van der Waals surface area contributed by atoms with Gasteiger partial charge in [0.2, 0.25) is 11.7 Å². The monoisotopic (exact) mass is 343 g/mol. The lowest BCUT2D eigenvalue weighted by molar-refractivity contribution is 0.0592. The largest absolute Gasteiger partial charge is 0.373 e. The smallest absolute Gasteiger partial charge is 0.292 e. The second kappa shape index (κ2) is 5.72. The van der Waals surface area contributed by atoms with Crippen LogP contribution in [0, 0.1) is 0 Å². The molecule has 2 aliphatic rings. The zero-order chi connectivity index (χ0) is 17.6. The van der Waals surface area contributed by atoms with Crippen LogP contribution in [0.15, 0.2) is 21.6 Å². The predicted molar refractivity (Wildman–Crippen MR) is 90.8 cm³/mol. The van der Waals surface area contributed by atoms with Gasteiger partial charge >= 0.3 is 0 Å². The van der Waals surface area contributed by atoms with Crippen molar-refractivity contribution in [3.05, 3.63) is 39.6 Å². The summed E-state index contributed by atoms with van der Waals surface area (Å²) in [5.41, 5.74) is 1.71. The topological polar surface area (TPSA) is 95.3 Å². The van der Waals surface area contributed by atoms with Gasteiger partial charge in [-0.15, -0.1) is 0 Å². The van der Waals surface area contributed by atoms with E-state index in [9.17, 15) is 9.59 Å². The normalized spacial score (nSPS) is 22.2. The van der Waals surface area contributed by atoms with Gasteiger partial charge in [0.15, 0.2) is 0 Å². The third-order valence-electron chi connectivity index (χ3n) is 5.23. The number of piperidine rings is 1. The highest BCUT2D eigenvalue weighted by atomic mass is 16.5. The number of carbonyl (C=O) groups is 1. The van der Waals surface area contributed by atoms with Crippen molar-refractivity contribution in [2.75, 3.05) is 32.1 Å². The molecular formula is C17H21N5O3. The Labute approximate surface area is 144 Å². The Kier molecular flexibility index (Phi) is 3.63. The van der Waals surface area contributed by atoms with Crippen molar-refractivity contribution < 1.29 is 9.32 Å². The van der Waals surface area contributed by atoms with Gasteiger partial charge in [0.05, 0.1) is 11.8 Å². The number of aryl methyl sites for hydroxylation is 1. The molecule has 1 aliphatic heterocycles. The number of hydrogen-bond acceptors (Lipinski definition) is 6. The maximum atomic E-state index is 12.7. The molecule has 1 spiro atoms. The Hall–Kier alpha value is -2.64. The van der Waals surface area contributed by atoms with E-state index in [4.69, 9.17) is 9.51 Å². The second-order valence-electron chi connectivity index (χ2n) is 7.13. The molecule has 25 heavy (non-hydrogen) atoms.